The second kappa shape index (κ2) is 9.21. The van der Waals surface area contributed by atoms with E-state index in [1.54, 1.807) is 32.4 Å². The molecule has 1 aliphatic heterocycles. The molecule has 0 radical (unpaired) electrons. The first kappa shape index (κ1) is 19.7. The van der Waals surface area contributed by atoms with Gasteiger partial charge in [0.1, 0.15) is 17.2 Å². The zero-order chi connectivity index (χ0) is 19.9. The van der Waals surface area contributed by atoms with Crippen molar-refractivity contribution in [2.24, 2.45) is 0 Å². The number of piperazine rings is 1. The highest BCUT2D eigenvalue weighted by molar-refractivity contribution is 5.90. The highest BCUT2D eigenvalue weighted by atomic mass is 16.5. The van der Waals surface area contributed by atoms with Crippen molar-refractivity contribution >= 4 is 17.4 Å². The average molecular weight is 385 g/mol. The lowest BCUT2D eigenvalue weighted by Crippen LogP contribution is -2.50. The maximum atomic E-state index is 12.7. The van der Waals surface area contributed by atoms with Gasteiger partial charge in [0.05, 0.1) is 26.5 Å². The minimum Gasteiger partial charge on any atom is -0.497 e. The Morgan fingerprint density at radius 3 is 2.25 bits per heavy atom. The minimum absolute atomic E-state index is 0.131. The lowest BCUT2D eigenvalue weighted by molar-refractivity contribution is 0.208. The fraction of sp³-hybridized carbons (Fsp3) is 0.381. The Morgan fingerprint density at radius 1 is 1.00 bits per heavy atom. The van der Waals surface area contributed by atoms with Crippen molar-refractivity contribution < 1.29 is 19.0 Å². The van der Waals surface area contributed by atoms with Crippen LogP contribution in [-0.4, -0.2) is 57.9 Å². The number of methoxy groups -OCH3 is 2. The molecule has 0 aromatic heterocycles. The maximum Gasteiger partial charge on any atom is 0.321 e. The van der Waals surface area contributed by atoms with E-state index < -0.39 is 0 Å². The van der Waals surface area contributed by atoms with Crippen LogP contribution in [0.3, 0.4) is 0 Å². The molecule has 0 spiro atoms. The smallest absolute Gasteiger partial charge is 0.321 e. The topological polar surface area (TPSA) is 63.3 Å². The summed E-state index contributed by atoms with van der Waals surface area (Å²) in [6, 6.07) is 13.2. The van der Waals surface area contributed by atoms with Crippen molar-refractivity contribution in [3.05, 3.63) is 42.5 Å². The molecule has 28 heavy (non-hydrogen) atoms. The van der Waals surface area contributed by atoms with Gasteiger partial charge in [0.25, 0.3) is 0 Å². The third kappa shape index (κ3) is 4.60. The van der Waals surface area contributed by atoms with E-state index in [1.807, 2.05) is 30.0 Å². The summed E-state index contributed by atoms with van der Waals surface area (Å²) in [4.78, 5) is 16.7. The minimum atomic E-state index is -0.131. The molecule has 2 aromatic carbocycles. The van der Waals surface area contributed by atoms with E-state index in [1.165, 1.54) is 0 Å². The van der Waals surface area contributed by atoms with Crippen LogP contribution in [0.4, 0.5) is 16.2 Å². The lowest BCUT2D eigenvalue weighted by atomic mass is 10.2. The van der Waals surface area contributed by atoms with Crippen LogP contribution in [0.15, 0.2) is 42.5 Å². The van der Waals surface area contributed by atoms with Crippen molar-refractivity contribution in [3.8, 4) is 17.2 Å². The van der Waals surface area contributed by atoms with Crippen LogP contribution < -0.4 is 24.4 Å². The molecular weight excluding hydrogens is 358 g/mol. The molecule has 0 bridgehead atoms. The first-order chi connectivity index (χ1) is 13.6. The molecule has 2 aromatic rings. The van der Waals surface area contributed by atoms with Crippen LogP contribution in [0.2, 0.25) is 0 Å². The molecule has 2 amide bonds. The van der Waals surface area contributed by atoms with Gasteiger partial charge >= 0.3 is 6.03 Å². The summed E-state index contributed by atoms with van der Waals surface area (Å²) in [6.07, 6.45) is 0. The highest BCUT2D eigenvalue weighted by Gasteiger charge is 2.23. The summed E-state index contributed by atoms with van der Waals surface area (Å²) in [5.74, 6) is 2.14. The molecule has 1 heterocycles. The quantitative estimate of drug-likeness (QED) is 0.825. The molecule has 7 heteroatoms. The number of carbonyl (C=O) groups is 1. The predicted octanol–water partition coefficient (Wildman–Crippen LogP) is 3.46. The third-order valence-corrected chi connectivity index (χ3v) is 4.68. The van der Waals surface area contributed by atoms with Gasteiger partial charge in [-0.3, -0.25) is 0 Å². The number of ether oxygens (including phenoxy) is 3. The van der Waals surface area contributed by atoms with Crippen LogP contribution in [-0.2, 0) is 0 Å². The van der Waals surface area contributed by atoms with Crippen LogP contribution in [0, 0.1) is 0 Å². The fourth-order valence-corrected chi connectivity index (χ4v) is 3.23. The molecule has 7 nitrogen and oxygen atoms in total. The molecule has 0 unspecified atom stereocenters. The summed E-state index contributed by atoms with van der Waals surface area (Å²) in [7, 11) is 3.17. The summed E-state index contributed by atoms with van der Waals surface area (Å²) >= 11 is 0. The van der Waals surface area contributed by atoms with Crippen LogP contribution in [0.5, 0.6) is 17.2 Å². The van der Waals surface area contributed by atoms with Crippen molar-refractivity contribution in [1.29, 1.82) is 0 Å². The summed E-state index contributed by atoms with van der Waals surface area (Å²) < 4.78 is 16.2. The SMILES string of the molecule is CCOc1ccccc1N1CCN(C(=O)Nc2cc(OC)cc(OC)c2)CC1. The average Bonchev–Trinajstić information content (AvgIpc) is 2.74. The molecule has 0 atom stereocenters. The molecule has 1 aliphatic rings. The van der Waals surface area contributed by atoms with E-state index in [9.17, 15) is 4.79 Å². The van der Waals surface area contributed by atoms with E-state index in [-0.39, 0.29) is 6.03 Å². The second-order valence-electron chi connectivity index (χ2n) is 6.41. The first-order valence-electron chi connectivity index (χ1n) is 9.40. The van der Waals surface area contributed by atoms with Gasteiger partial charge in [0.15, 0.2) is 0 Å². The number of benzene rings is 2. The van der Waals surface area contributed by atoms with Gasteiger partial charge in [-0.05, 0) is 19.1 Å². The number of rotatable bonds is 6. The summed E-state index contributed by atoms with van der Waals surface area (Å²) in [5.41, 5.74) is 1.72. The van der Waals surface area contributed by atoms with E-state index >= 15 is 0 Å². The first-order valence-corrected chi connectivity index (χ1v) is 9.40. The zero-order valence-electron chi connectivity index (χ0n) is 16.6. The van der Waals surface area contributed by atoms with Crippen molar-refractivity contribution in [2.75, 3.05) is 57.2 Å². The maximum absolute atomic E-state index is 12.7. The van der Waals surface area contributed by atoms with Crippen LogP contribution in [0.1, 0.15) is 6.92 Å². The Kier molecular flexibility index (Phi) is 6.47. The number of carbonyl (C=O) groups excluding carboxylic acids is 1. The highest BCUT2D eigenvalue weighted by Crippen LogP contribution is 2.29. The van der Waals surface area contributed by atoms with Crippen LogP contribution in [0.25, 0.3) is 0 Å². The molecule has 0 saturated carbocycles. The van der Waals surface area contributed by atoms with E-state index in [0.717, 1.165) is 24.5 Å². The Balaban J connectivity index is 1.61. The molecule has 0 aliphatic carbocycles. The van der Waals surface area contributed by atoms with Crippen molar-refractivity contribution in [3.63, 3.8) is 0 Å². The molecule has 150 valence electrons. The van der Waals surface area contributed by atoms with E-state index in [2.05, 4.69) is 16.3 Å². The number of hydrogen-bond acceptors (Lipinski definition) is 5. The monoisotopic (exact) mass is 385 g/mol. The second-order valence-corrected chi connectivity index (χ2v) is 6.41. The normalized spacial score (nSPS) is 13.8. The standard InChI is InChI=1S/C21H27N3O4/c1-4-28-20-8-6-5-7-19(20)23-9-11-24(12-10-23)21(25)22-16-13-17(26-2)15-18(14-16)27-3/h5-8,13-15H,4,9-12H2,1-3H3,(H,22,25). The van der Waals surface area contributed by atoms with Crippen molar-refractivity contribution in [2.45, 2.75) is 6.92 Å². The molecule has 3 rings (SSSR count). The number of para-hydroxylation sites is 2. The Bertz CT molecular complexity index is 782. The number of hydrogen-bond donors (Lipinski definition) is 1. The number of amides is 2. The van der Waals surface area contributed by atoms with Gasteiger partial charge in [0.2, 0.25) is 0 Å². The predicted molar refractivity (Wildman–Crippen MR) is 110 cm³/mol. The van der Waals surface area contributed by atoms with Gasteiger partial charge in [-0.25, -0.2) is 4.79 Å². The Morgan fingerprint density at radius 2 is 1.64 bits per heavy atom. The van der Waals surface area contributed by atoms with Crippen molar-refractivity contribution in [1.82, 2.24) is 4.90 Å². The molecular formula is C21H27N3O4. The van der Waals surface area contributed by atoms with Gasteiger partial charge in [-0.15, -0.1) is 0 Å². The van der Waals surface area contributed by atoms with Gasteiger partial charge in [-0.2, -0.15) is 0 Å². The van der Waals surface area contributed by atoms with E-state index in [4.69, 9.17) is 14.2 Å². The summed E-state index contributed by atoms with van der Waals surface area (Å²) in [6.45, 7) is 5.37. The van der Waals surface area contributed by atoms with Gasteiger partial charge in [-0.1, -0.05) is 12.1 Å². The van der Waals surface area contributed by atoms with Crippen LogP contribution >= 0.6 is 0 Å². The molecule has 1 saturated heterocycles. The number of nitrogens with one attached hydrogen (secondary N) is 1. The Hall–Kier alpha value is -3.09. The number of anilines is 2. The summed E-state index contributed by atoms with van der Waals surface area (Å²) in [5, 5.41) is 2.93. The lowest BCUT2D eigenvalue weighted by Gasteiger charge is -2.36. The van der Waals surface area contributed by atoms with E-state index in [0.29, 0.717) is 36.9 Å². The van der Waals surface area contributed by atoms with Gasteiger partial charge < -0.3 is 29.3 Å². The van der Waals surface area contributed by atoms with Gasteiger partial charge in [0, 0.05) is 50.1 Å². The molecule has 1 N–H and O–H groups in total. The largest absolute Gasteiger partial charge is 0.497 e. The fourth-order valence-electron chi connectivity index (χ4n) is 3.23. The number of nitrogens with zero attached hydrogens (tertiary/aromatic N) is 2. The number of urea groups is 1. The Labute approximate surface area is 165 Å². The third-order valence-electron chi connectivity index (χ3n) is 4.68. The zero-order valence-corrected chi connectivity index (χ0v) is 16.6. The molecule has 1 fully saturated rings.